The van der Waals surface area contributed by atoms with Crippen LogP contribution in [-0.2, 0) is 4.79 Å². The van der Waals surface area contributed by atoms with Crippen LogP contribution in [0.5, 0.6) is 0 Å². The highest BCUT2D eigenvalue weighted by Gasteiger charge is 2.14. The normalized spacial score (nSPS) is 12.0. The summed E-state index contributed by atoms with van der Waals surface area (Å²) in [5.74, 6) is -0.199. The molecule has 0 radical (unpaired) electrons. The maximum absolute atomic E-state index is 11.7. The van der Waals surface area contributed by atoms with E-state index < -0.39 is 0 Å². The number of aliphatic hydroxyl groups is 1. The van der Waals surface area contributed by atoms with Gasteiger partial charge in [-0.05, 0) is 18.1 Å². The van der Waals surface area contributed by atoms with Gasteiger partial charge in [0.05, 0.1) is 12.6 Å². The first-order valence-electron chi connectivity index (χ1n) is 6.78. The zero-order valence-electron chi connectivity index (χ0n) is 11.9. The molecule has 20 heavy (non-hydrogen) atoms. The van der Waals surface area contributed by atoms with Gasteiger partial charge in [-0.25, -0.2) is 0 Å². The molecule has 1 unspecified atom stereocenters. The number of amides is 2. The van der Waals surface area contributed by atoms with Gasteiger partial charge in [0.25, 0.3) is 5.91 Å². The summed E-state index contributed by atoms with van der Waals surface area (Å²) in [6, 6.07) is 8.61. The lowest BCUT2D eigenvalue weighted by atomic mass is 10.1. The first-order valence-corrected chi connectivity index (χ1v) is 6.78. The van der Waals surface area contributed by atoms with E-state index in [2.05, 4.69) is 10.6 Å². The Labute approximate surface area is 119 Å². The minimum absolute atomic E-state index is 0.0836. The Morgan fingerprint density at radius 1 is 1.20 bits per heavy atom. The molecule has 0 saturated heterocycles. The number of carbonyl (C=O) groups is 2. The molecule has 0 aliphatic carbocycles. The van der Waals surface area contributed by atoms with E-state index >= 15 is 0 Å². The van der Waals surface area contributed by atoms with Gasteiger partial charge in [-0.2, -0.15) is 0 Å². The molecule has 2 amide bonds. The molecule has 1 aromatic rings. The average Bonchev–Trinajstić information content (AvgIpc) is 2.45. The first kappa shape index (κ1) is 16.2. The largest absolute Gasteiger partial charge is 0.394 e. The maximum atomic E-state index is 11.7. The highest BCUT2D eigenvalue weighted by molar-refractivity contribution is 5.94. The monoisotopic (exact) mass is 278 g/mol. The van der Waals surface area contributed by atoms with Crippen molar-refractivity contribution in [3.63, 3.8) is 0 Å². The molecule has 0 saturated carbocycles. The second-order valence-corrected chi connectivity index (χ2v) is 4.97. The van der Waals surface area contributed by atoms with Gasteiger partial charge in [0.1, 0.15) is 0 Å². The van der Waals surface area contributed by atoms with Crippen molar-refractivity contribution >= 4 is 11.8 Å². The zero-order valence-corrected chi connectivity index (χ0v) is 11.9. The molecule has 0 bridgehead atoms. The Morgan fingerprint density at radius 3 is 2.40 bits per heavy atom. The lowest BCUT2D eigenvalue weighted by Crippen LogP contribution is -2.42. The molecular formula is C15H22N2O3. The zero-order chi connectivity index (χ0) is 15.0. The fraction of sp³-hybridized carbons (Fsp3) is 0.467. The molecule has 0 fully saturated rings. The Kier molecular flexibility index (Phi) is 6.73. The minimum Gasteiger partial charge on any atom is -0.394 e. The van der Waals surface area contributed by atoms with Gasteiger partial charge < -0.3 is 15.7 Å². The van der Waals surface area contributed by atoms with Crippen molar-refractivity contribution < 1.29 is 14.7 Å². The number of hydrogen-bond donors (Lipinski definition) is 3. The third-order valence-electron chi connectivity index (χ3n) is 3.02. The molecule has 0 spiro atoms. The molecule has 1 atom stereocenters. The Bertz CT molecular complexity index is 432. The molecule has 0 aliphatic rings. The van der Waals surface area contributed by atoms with E-state index in [9.17, 15) is 9.59 Å². The van der Waals surface area contributed by atoms with Crippen LogP contribution in [-0.4, -0.2) is 36.1 Å². The van der Waals surface area contributed by atoms with Gasteiger partial charge >= 0.3 is 0 Å². The number of nitrogens with one attached hydrogen (secondary N) is 2. The predicted molar refractivity (Wildman–Crippen MR) is 77.2 cm³/mol. The smallest absolute Gasteiger partial charge is 0.251 e. The van der Waals surface area contributed by atoms with Crippen molar-refractivity contribution in [1.29, 1.82) is 0 Å². The molecule has 0 heterocycles. The SMILES string of the molecule is CC(C)C(CO)NC(=O)CCNC(=O)c1ccccc1. The van der Waals surface area contributed by atoms with Gasteiger partial charge in [-0.1, -0.05) is 32.0 Å². The van der Waals surface area contributed by atoms with Crippen LogP contribution >= 0.6 is 0 Å². The minimum atomic E-state index is -0.243. The van der Waals surface area contributed by atoms with E-state index in [4.69, 9.17) is 5.11 Å². The van der Waals surface area contributed by atoms with Crippen molar-refractivity contribution in [3.8, 4) is 0 Å². The third kappa shape index (κ3) is 5.40. The van der Waals surface area contributed by atoms with Crippen LogP contribution in [0.3, 0.4) is 0 Å². The van der Waals surface area contributed by atoms with Crippen LogP contribution in [0.2, 0.25) is 0 Å². The lowest BCUT2D eigenvalue weighted by molar-refractivity contribution is -0.122. The molecule has 1 rings (SSSR count). The summed E-state index contributed by atoms with van der Waals surface area (Å²) in [5, 5.41) is 14.6. The Morgan fingerprint density at radius 2 is 1.85 bits per heavy atom. The van der Waals surface area contributed by atoms with Crippen molar-refractivity contribution in [2.24, 2.45) is 5.92 Å². The van der Waals surface area contributed by atoms with Crippen LogP contribution in [0.4, 0.5) is 0 Å². The van der Waals surface area contributed by atoms with E-state index in [1.165, 1.54) is 0 Å². The van der Waals surface area contributed by atoms with Gasteiger partial charge in [0.2, 0.25) is 5.91 Å². The average molecular weight is 278 g/mol. The summed E-state index contributed by atoms with van der Waals surface area (Å²) in [4.78, 5) is 23.4. The second-order valence-electron chi connectivity index (χ2n) is 4.97. The number of hydrogen-bond acceptors (Lipinski definition) is 3. The standard InChI is InChI=1S/C15H22N2O3/c1-11(2)13(10-18)17-14(19)8-9-16-15(20)12-6-4-3-5-7-12/h3-7,11,13,18H,8-10H2,1-2H3,(H,16,20)(H,17,19). The van der Waals surface area contributed by atoms with Crippen LogP contribution < -0.4 is 10.6 Å². The topological polar surface area (TPSA) is 78.4 Å². The van der Waals surface area contributed by atoms with E-state index in [0.717, 1.165) is 0 Å². The van der Waals surface area contributed by atoms with Crippen molar-refractivity contribution in [3.05, 3.63) is 35.9 Å². The molecule has 5 heteroatoms. The summed E-state index contributed by atoms with van der Waals surface area (Å²) in [6.45, 7) is 4.05. The van der Waals surface area contributed by atoms with E-state index in [0.29, 0.717) is 5.56 Å². The Balaban J connectivity index is 2.30. The molecule has 1 aromatic carbocycles. The summed E-state index contributed by atoms with van der Waals surface area (Å²) in [5.41, 5.74) is 0.573. The highest BCUT2D eigenvalue weighted by atomic mass is 16.3. The van der Waals surface area contributed by atoms with Crippen LogP contribution in [0, 0.1) is 5.92 Å². The van der Waals surface area contributed by atoms with E-state index in [1.807, 2.05) is 19.9 Å². The van der Waals surface area contributed by atoms with Gasteiger partial charge in [0, 0.05) is 18.5 Å². The summed E-state index contributed by atoms with van der Waals surface area (Å²) in [6.07, 6.45) is 0.196. The molecule has 0 aliphatic heterocycles. The first-order chi connectivity index (χ1) is 9.54. The lowest BCUT2D eigenvalue weighted by Gasteiger charge is -2.19. The van der Waals surface area contributed by atoms with Gasteiger partial charge in [-0.15, -0.1) is 0 Å². The predicted octanol–water partition coefficient (Wildman–Crippen LogP) is 0.940. The van der Waals surface area contributed by atoms with E-state index in [1.54, 1.807) is 24.3 Å². The van der Waals surface area contributed by atoms with Crippen molar-refractivity contribution in [2.45, 2.75) is 26.3 Å². The summed E-state index contributed by atoms with van der Waals surface area (Å²) < 4.78 is 0. The third-order valence-corrected chi connectivity index (χ3v) is 3.02. The van der Waals surface area contributed by atoms with E-state index in [-0.39, 0.29) is 43.3 Å². The van der Waals surface area contributed by atoms with Crippen molar-refractivity contribution in [2.75, 3.05) is 13.2 Å². The fourth-order valence-electron chi connectivity index (χ4n) is 1.68. The van der Waals surface area contributed by atoms with Gasteiger partial charge in [0.15, 0.2) is 0 Å². The molecular weight excluding hydrogens is 256 g/mol. The molecule has 110 valence electrons. The number of benzene rings is 1. The number of aliphatic hydroxyl groups excluding tert-OH is 1. The number of carbonyl (C=O) groups excluding carboxylic acids is 2. The van der Waals surface area contributed by atoms with Crippen LogP contribution in [0.15, 0.2) is 30.3 Å². The number of rotatable bonds is 7. The quantitative estimate of drug-likeness (QED) is 0.694. The van der Waals surface area contributed by atoms with Crippen molar-refractivity contribution in [1.82, 2.24) is 10.6 Å². The molecule has 3 N–H and O–H groups in total. The van der Waals surface area contributed by atoms with Gasteiger partial charge in [-0.3, -0.25) is 9.59 Å². The summed E-state index contributed by atoms with van der Waals surface area (Å²) >= 11 is 0. The van der Waals surface area contributed by atoms with Crippen LogP contribution in [0.25, 0.3) is 0 Å². The summed E-state index contributed by atoms with van der Waals surface area (Å²) in [7, 11) is 0. The second kappa shape index (κ2) is 8.32. The highest BCUT2D eigenvalue weighted by Crippen LogP contribution is 2.01. The van der Waals surface area contributed by atoms with Crippen LogP contribution in [0.1, 0.15) is 30.6 Å². The molecule has 0 aromatic heterocycles. The fourth-order valence-corrected chi connectivity index (χ4v) is 1.68. The Hall–Kier alpha value is -1.88. The maximum Gasteiger partial charge on any atom is 0.251 e. The molecule has 5 nitrogen and oxygen atoms in total.